The molecule has 1 aromatic heterocycles. The van der Waals surface area contributed by atoms with Crippen molar-refractivity contribution in [3.8, 4) is 0 Å². The Hall–Kier alpha value is -3.53. The largest absolute Gasteiger partial charge is 0.384 e. The van der Waals surface area contributed by atoms with Crippen molar-refractivity contribution in [1.29, 1.82) is 0 Å². The molecule has 10 heteroatoms. The van der Waals surface area contributed by atoms with Crippen LogP contribution in [-0.2, 0) is 22.4 Å². The number of aromatic amines is 1. The molecular weight excluding hydrogens is 400 g/mol. The number of amides is 4. The fraction of sp³-hybridized carbons (Fsp3) is 0.381. The first-order chi connectivity index (χ1) is 15.0. The number of hydrogen-bond acceptors (Lipinski definition) is 7. The Labute approximate surface area is 178 Å². The second-order valence-electron chi connectivity index (χ2n) is 7.60. The molecule has 2 aliphatic rings. The molecule has 0 bridgehead atoms. The summed E-state index contributed by atoms with van der Waals surface area (Å²) in [6.07, 6.45) is 4.34. The average molecular weight is 424 g/mol. The first kappa shape index (κ1) is 20.7. The summed E-state index contributed by atoms with van der Waals surface area (Å²) >= 11 is 0. The molecule has 4 amide bonds. The van der Waals surface area contributed by atoms with Crippen LogP contribution in [0.3, 0.4) is 0 Å². The van der Waals surface area contributed by atoms with Crippen molar-refractivity contribution in [3.05, 3.63) is 47.0 Å². The lowest BCUT2D eigenvalue weighted by Crippen LogP contribution is -2.54. The third-order valence-electron chi connectivity index (χ3n) is 5.48. The van der Waals surface area contributed by atoms with E-state index >= 15 is 0 Å². The fourth-order valence-electron chi connectivity index (χ4n) is 3.93. The van der Waals surface area contributed by atoms with E-state index in [-0.39, 0.29) is 24.0 Å². The molecule has 2 aromatic rings. The van der Waals surface area contributed by atoms with E-state index in [2.05, 4.69) is 20.6 Å². The zero-order chi connectivity index (χ0) is 22.0. The van der Waals surface area contributed by atoms with Gasteiger partial charge in [0.1, 0.15) is 11.9 Å². The van der Waals surface area contributed by atoms with Gasteiger partial charge in [-0.15, -0.1) is 0 Å². The van der Waals surface area contributed by atoms with E-state index in [4.69, 9.17) is 5.73 Å². The first-order valence-corrected chi connectivity index (χ1v) is 10.3. The number of aryl methyl sites for hydroxylation is 1. The van der Waals surface area contributed by atoms with Gasteiger partial charge in [0.25, 0.3) is 11.8 Å². The second-order valence-corrected chi connectivity index (χ2v) is 7.60. The predicted octanol–water partition coefficient (Wildman–Crippen LogP) is 0.357. The van der Waals surface area contributed by atoms with Gasteiger partial charge in [0.15, 0.2) is 0 Å². The molecule has 2 aliphatic heterocycles. The quantitative estimate of drug-likeness (QED) is 0.447. The zero-order valence-corrected chi connectivity index (χ0v) is 16.9. The van der Waals surface area contributed by atoms with Gasteiger partial charge < -0.3 is 16.0 Å². The summed E-state index contributed by atoms with van der Waals surface area (Å²) in [6, 6.07) is 4.02. The van der Waals surface area contributed by atoms with Gasteiger partial charge in [-0.25, -0.2) is 4.98 Å². The van der Waals surface area contributed by atoms with Crippen LogP contribution in [0.5, 0.6) is 0 Å². The highest BCUT2D eigenvalue weighted by Crippen LogP contribution is 2.32. The van der Waals surface area contributed by atoms with Crippen LogP contribution in [-0.4, -0.2) is 57.6 Å². The van der Waals surface area contributed by atoms with Gasteiger partial charge in [0.2, 0.25) is 11.8 Å². The first-order valence-electron chi connectivity index (χ1n) is 10.3. The van der Waals surface area contributed by atoms with Crippen molar-refractivity contribution >= 4 is 29.3 Å². The minimum Gasteiger partial charge on any atom is -0.384 e. The Morgan fingerprint density at radius 2 is 2.00 bits per heavy atom. The number of nitrogens with zero attached hydrogens (tertiary/aromatic N) is 2. The highest BCUT2D eigenvalue weighted by molar-refractivity contribution is 6.25. The van der Waals surface area contributed by atoms with Crippen LogP contribution in [0.15, 0.2) is 24.4 Å². The molecule has 31 heavy (non-hydrogen) atoms. The van der Waals surface area contributed by atoms with Gasteiger partial charge in [-0.05, 0) is 37.9 Å². The number of anilines is 1. The number of carbonyl (C=O) groups is 4. The Kier molecular flexibility index (Phi) is 5.81. The SMILES string of the molecule is NCCCc1cnc(CCNc2cccc3c2C(=O)N(C2CCC(=O)NC2=O)C3=O)[nH]1. The number of aromatic nitrogens is 2. The molecule has 10 nitrogen and oxygen atoms in total. The maximum atomic E-state index is 13.1. The number of imide groups is 2. The number of imidazole rings is 1. The van der Waals surface area contributed by atoms with Gasteiger partial charge in [-0.3, -0.25) is 29.4 Å². The maximum absolute atomic E-state index is 13.1. The van der Waals surface area contributed by atoms with E-state index < -0.39 is 29.7 Å². The molecule has 5 N–H and O–H groups in total. The van der Waals surface area contributed by atoms with Crippen LogP contribution in [0, 0.1) is 0 Å². The number of hydrogen-bond donors (Lipinski definition) is 4. The lowest BCUT2D eigenvalue weighted by atomic mass is 10.0. The number of fused-ring (bicyclic) bond motifs is 1. The molecule has 1 saturated heterocycles. The summed E-state index contributed by atoms with van der Waals surface area (Å²) in [5.41, 5.74) is 7.59. The van der Waals surface area contributed by atoms with Crippen molar-refractivity contribution in [3.63, 3.8) is 0 Å². The lowest BCUT2D eigenvalue weighted by molar-refractivity contribution is -0.136. The molecule has 3 heterocycles. The number of nitrogens with two attached hydrogens (primary N) is 1. The zero-order valence-electron chi connectivity index (χ0n) is 16.9. The summed E-state index contributed by atoms with van der Waals surface area (Å²) in [7, 11) is 0. The van der Waals surface area contributed by atoms with Crippen LogP contribution in [0.25, 0.3) is 0 Å². The average Bonchev–Trinajstić information content (AvgIpc) is 3.30. The summed E-state index contributed by atoms with van der Waals surface area (Å²) in [4.78, 5) is 58.1. The van der Waals surface area contributed by atoms with E-state index in [9.17, 15) is 19.2 Å². The molecular formula is C21H24N6O4. The van der Waals surface area contributed by atoms with E-state index in [0.29, 0.717) is 25.2 Å². The molecule has 1 aromatic carbocycles. The van der Waals surface area contributed by atoms with E-state index in [1.807, 2.05) is 0 Å². The van der Waals surface area contributed by atoms with E-state index in [1.54, 1.807) is 24.4 Å². The Bertz CT molecular complexity index is 1050. The Morgan fingerprint density at radius 3 is 2.77 bits per heavy atom. The predicted molar refractivity (Wildman–Crippen MR) is 111 cm³/mol. The Morgan fingerprint density at radius 1 is 1.16 bits per heavy atom. The molecule has 0 spiro atoms. The molecule has 1 fully saturated rings. The number of carbonyl (C=O) groups excluding carboxylic acids is 4. The van der Waals surface area contributed by atoms with E-state index in [1.165, 1.54) is 0 Å². The molecule has 1 atom stereocenters. The van der Waals surface area contributed by atoms with Crippen molar-refractivity contribution in [1.82, 2.24) is 20.2 Å². The molecule has 0 saturated carbocycles. The maximum Gasteiger partial charge on any atom is 0.264 e. The topological polar surface area (TPSA) is 150 Å². The van der Waals surface area contributed by atoms with Gasteiger partial charge in [-0.2, -0.15) is 0 Å². The van der Waals surface area contributed by atoms with Crippen molar-refractivity contribution in [2.45, 2.75) is 38.1 Å². The van der Waals surface area contributed by atoms with E-state index in [0.717, 1.165) is 29.3 Å². The smallest absolute Gasteiger partial charge is 0.264 e. The van der Waals surface area contributed by atoms with Gasteiger partial charge in [-0.1, -0.05) is 6.07 Å². The summed E-state index contributed by atoms with van der Waals surface area (Å²) < 4.78 is 0. The fourth-order valence-corrected chi connectivity index (χ4v) is 3.93. The molecule has 4 rings (SSSR count). The van der Waals surface area contributed by atoms with Gasteiger partial charge in [0, 0.05) is 37.0 Å². The van der Waals surface area contributed by atoms with Gasteiger partial charge in [0.05, 0.1) is 11.1 Å². The van der Waals surface area contributed by atoms with Crippen molar-refractivity contribution in [2.24, 2.45) is 5.73 Å². The van der Waals surface area contributed by atoms with Gasteiger partial charge >= 0.3 is 0 Å². The highest BCUT2D eigenvalue weighted by Gasteiger charge is 2.45. The summed E-state index contributed by atoms with van der Waals surface area (Å²) in [6.45, 7) is 1.12. The number of benzene rings is 1. The Balaban J connectivity index is 1.45. The standard InChI is InChI=1S/C21H24N6O4/c22-9-2-3-12-11-24-16(25-12)8-10-23-14-5-1-4-13-18(14)21(31)27(20(13)30)15-6-7-17(28)26-19(15)29/h1,4-5,11,15,23H,2-3,6-10,22H2,(H,24,25)(H,26,28,29). The summed E-state index contributed by atoms with van der Waals surface area (Å²) in [5, 5.41) is 5.40. The second kappa shape index (κ2) is 8.68. The number of rotatable bonds is 8. The highest BCUT2D eigenvalue weighted by atomic mass is 16.2. The molecule has 162 valence electrons. The van der Waals surface area contributed by atoms with Crippen LogP contribution >= 0.6 is 0 Å². The number of nitrogens with one attached hydrogen (secondary N) is 3. The summed E-state index contributed by atoms with van der Waals surface area (Å²) in [5.74, 6) is -1.25. The molecule has 0 radical (unpaired) electrons. The lowest BCUT2D eigenvalue weighted by Gasteiger charge is -2.27. The van der Waals surface area contributed by atoms with Crippen molar-refractivity contribution in [2.75, 3.05) is 18.4 Å². The monoisotopic (exact) mass is 424 g/mol. The third kappa shape index (κ3) is 4.06. The van der Waals surface area contributed by atoms with Crippen molar-refractivity contribution < 1.29 is 19.2 Å². The third-order valence-corrected chi connectivity index (χ3v) is 5.48. The van der Waals surface area contributed by atoms with Crippen LogP contribution in [0.1, 0.15) is 51.5 Å². The molecule has 0 aliphatic carbocycles. The normalized spacial score (nSPS) is 18.4. The van der Waals surface area contributed by atoms with Crippen LogP contribution < -0.4 is 16.4 Å². The number of H-pyrrole nitrogens is 1. The molecule has 1 unspecified atom stereocenters. The van der Waals surface area contributed by atoms with Crippen LogP contribution in [0.4, 0.5) is 5.69 Å². The minimum atomic E-state index is -0.979. The minimum absolute atomic E-state index is 0.0886. The van der Waals surface area contributed by atoms with Crippen LogP contribution in [0.2, 0.25) is 0 Å². The number of piperidine rings is 1.